The molecule has 1 fully saturated rings. The third-order valence-corrected chi connectivity index (χ3v) is 8.06. The van der Waals surface area contributed by atoms with E-state index >= 15 is 0 Å². The Morgan fingerprint density at radius 2 is 1.93 bits per heavy atom. The Labute approximate surface area is 191 Å². The SMILES string of the molecule is Clc1ccc2c(c1CSc1ccc(-c3csc(NCC4CC4)n3)cc1)CCNCC2. The number of thioether (sulfide) groups is 1. The molecule has 3 aromatic rings. The second-order valence-electron chi connectivity index (χ2n) is 8.09. The highest BCUT2D eigenvalue weighted by molar-refractivity contribution is 7.98. The van der Waals surface area contributed by atoms with Gasteiger partial charge in [-0.3, -0.25) is 0 Å². The van der Waals surface area contributed by atoms with Gasteiger partial charge in [-0.05, 0) is 79.6 Å². The average molecular weight is 456 g/mol. The van der Waals surface area contributed by atoms with Gasteiger partial charge in [0.1, 0.15) is 0 Å². The molecular weight excluding hydrogens is 430 g/mol. The van der Waals surface area contributed by atoms with Crippen molar-refractivity contribution in [3.05, 3.63) is 63.5 Å². The third kappa shape index (κ3) is 4.86. The van der Waals surface area contributed by atoms with Gasteiger partial charge in [0, 0.05) is 33.2 Å². The number of thiazole rings is 1. The van der Waals surface area contributed by atoms with E-state index in [0.29, 0.717) is 0 Å². The van der Waals surface area contributed by atoms with Gasteiger partial charge in [-0.15, -0.1) is 23.1 Å². The van der Waals surface area contributed by atoms with E-state index in [4.69, 9.17) is 16.6 Å². The number of fused-ring (bicyclic) bond motifs is 1. The summed E-state index contributed by atoms with van der Waals surface area (Å²) in [6.07, 6.45) is 4.87. The van der Waals surface area contributed by atoms with Crippen molar-refractivity contribution in [1.29, 1.82) is 0 Å². The van der Waals surface area contributed by atoms with E-state index in [0.717, 1.165) is 60.0 Å². The van der Waals surface area contributed by atoms with E-state index in [-0.39, 0.29) is 0 Å². The van der Waals surface area contributed by atoms with Crippen molar-refractivity contribution >= 4 is 39.8 Å². The quantitative estimate of drug-likeness (QED) is 0.412. The molecule has 2 aliphatic rings. The molecule has 30 heavy (non-hydrogen) atoms. The number of rotatable bonds is 7. The number of anilines is 1. The van der Waals surface area contributed by atoms with Crippen LogP contribution in [-0.4, -0.2) is 24.6 Å². The van der Waals surface area contributed by atoms with Crippen LogP contribution in [-0.2, 0) is 18.6 Å². The summed E-state index contributed by atoms with van der Waals surface area (Å²) in [7, 11) is 0. The molecule has 2 aromatic carbocycles. The number of nitrogens with zero attached hydrogens (tertiary/aromatic N) is 1. The van der Waals surface area contributed by atoms with Crippen LogP contribution in [0, 0.1) is 5.92 Å². The first-order valence-electron chi connectivity index (χ1n) is 10.7. The van der Waals surface area contributed by atoms with Gasteiger partial charge in [-0.1, -0.05) is 29.8 Å². The number of nitrogens with one attached hydrogen (secondary N) is 2. The smallest absolute Gasteiger partial charge is 0.183 e. The number of halogens is 1. The zero-order valence-electron chi connectivity index (χ0n) is 16.9. The molecule has 6 heteroatoms. The molecule has 2 N–H and O–H groups in total. The largest absolute Gasteiger partial charge is 0.361 e. The summed E-state index contributed by atoms with van der Waals surface area (Å²) in [5.74, 6) is 1.77. The average Bonchev–Trinajstić information content (AvgIpc) is 3.53. The van der Waals surface area contributed by atoms with Crippen LogP contribution in [0.25, 0.3) is 11.3 Å². The van der Waals surface area contributed by atoms with E-state index in [1.54, 1.807) is 11.3 Å². The van der Waals surface area contributed by atoms with Gasteiger partial charge in [0.25, 0.3) is 0 Å². The molecule has 1 saturated carbocycles. The maximum atomic E-state index is 6.59. The molecule has 3 nitrogen and oxygen atoms in total. The first kappa shape index (κ1) is 20.4. The number of aromatic nitrogens is 1. The van der Waals surface area contributed by atoms with E-state index in [1.807, 2.05) is 11.8 Å². The van der Waals surface area contributed by atoms with Gasteiger partial charge >= 0.3 is 0 Å². The van der Waals surface area contributed by atoms with Crippen molar-refractivity contribution < 1.29 is 0 Å². The molecule has 1 aromatic heterocycles. The maximum absolute atomic E-state index is 6.59. The van der Waals surface area contributed by atoms with Gasteiger partial charge in [-0.2, -0.15) is 0 Å². The predicted molar refractivity (Wildman–Crippen MR) is 130 cm³/mol. The van der Waals surface area contributed by atoms with Crippen LogP contribution in [0.1, 0.15) is 29.5 Å². The fraction of sp³-hybridized carbons (Fsp3) is 0.375. The third-order valence-electron chi connectivity index (χ3n) is 5.87. The first-order valence-corrected chi connectivity index (χ1v) is 12.9. The Balaban J connectivity index is 1.25. The van der Waals surface area contributed by atoms with Gasteiger partial charge in [0.15, 0.2) is 5.13 Å². The van der Waals surface area contributed by atoms with Gasteiger partial charge in [-0.25, -0.2) is 4.98 Å². The molecule has 0 amide bonds. The summed E-state index contributed by atoms with van der Waals surface area (Å²) in [6.45, 7) is 3.15. The molecule has 1 aliphatic carbocycles. The Morgan fingerprint density at radius 1 is 1.10 bits per heavy atom. The zero-order valence-corrected chi connectivity index (χ0v) is 19.3. The summed E-state index contributed by atoms with van der Waals surface area (Å²) in [5.41, 5.74) is 6.43. The Hall–Kier alpha value is -1.53. The molecule has 0 atom stereocenters. The molecular formula is C24H26ClN3S2. The molecule has 0 spiro atoms. The second-order valence-corrected chi connectivity index (χ2v) is 10.4. The summed E-state index contributed by atoms with van der Waals surface area (Å²) < 4.78 is 0. The van der Waals surface area contributed by atoms with Crippen molar-refractivity contribution in [1.82, 2.24) is 10.3 Å². The van der Waals surface area contributed by atoms with E-state index in [2.05, 4.69) is 52.4 Å². The van der Waals surface area contributed by atoms with Crippen LogP contribution in [0.5, 0.6) is 0 Å². The van der Waals surface area contributed by atoms with Crippen LogP contribution in [0.2, 0.25) is 5.02 Å². The highest BCUT2D eigenvalue weighted by Gasteiger charge is 2.21. The van der Waals surface area contributed by atoms with Crippen LogP contribution >= 0.6 is 34.7 Å². The van der Waals surface area contributed by atoms with Crippen LogP contribution < -0.4 is 10.6 Å². The summed E-state index contributed by atoms with van der Waals surface area (Å²) in [5, 5.41) is 11.0. The monoisotopic (exact) mass is 455 g/mol. The molecule has 2 heterocycles. The lowest BCUT2D eigenvalue weighted by Crippen LogP contribution is -2.16. The van der Waals surface area contributed by atoms with Crippen LogP contribution in [0.3, 0.4) is 0 Å². The normalized spacial score (nSPS) is 16.2. The number of benzene rings is 2. The number of hydrogen-bond acceptors (Lipinski definition) is 5. The Bertz CT molecular complexity index is 1010. The lowest BCUT2D eigenvalue weighted by molar-refractivity contribution is 0.710. The van der Waals surface area contributed by atoms with E-state index in [9.17, 15) is 0 Å². The number of hydrogen-bond donors (Lipinski definition) is 2. The second kappa shape index (κ2) is 9.31. The minimum absolute atomic E-state index is 0.859. The van der Waals surface area contributed by atoms with Crippen molar-refractivity contribution in [3.63, 3.8) is 0 Å². The molecule has 0 bridgehead atoms. The Morgan fingerprint density at radius 3 is 2.77 bits per heavy atom. The fourth-order valence-corrected chi connectivity index (χ4v) is 5.92. The lowest BCUT2D eigenvalue weighted by Gasteiger charge is -2.14. The van der Waals surface area contributed by atoms with Crippen molar-refractivity contribution in [2.45, 2.75) is 36.3 Å². The predicted octanol–water partition coefficient (Wildman–Crippen LogP) is 6.27. The molecule has 156 valence electrons. The van der Waals surface area contributed by atoms with Crippen LogP contribution in [0.15, 0.2) is 46.7 Å². The van der Waals surface area contributed by atoms with E-state index in [1.165, 1.54) is 40.0 Å². The van der Waals surface area contributed by atoms with Crippen LogP contribution in [0.4, 0.5) is 5.13 Å². The summed E-state index contributed by atoms with van der Waals surface area (Å²) in [4.78, 5) is 6.01. The van der Waals surface area contributed by atoms with Crippen molar-refractivity contribution in [3.8, 4) is 11.3 Å². The zero-order chi connectivity index (χ0) is 20.3. The lowest BCUT2D eigenvalue weighted by atomic mass is 9.98. The highest BCUT2D eigenvalue weighted by atomic mass is 35.5. The molecule has 5 rings (SSSR count). The minimum atomic E-state index is 0.859. The van der Waals surface area contributed by atoms with Gasteiger partial charge in [0.05, 0.1) is 5.69 Å². The molecule has 0 radical (unpaired) electrons. The van der Waals surface area contributed by atoms with Crippen molar-refractivity contribution in [2.75, 3.05) is 25.0 Å². The molecule has 0 unspecified atom stereocenters. The minimum Gasteiger partial charge on any atom is -0.361 e. The summed E-state index contributed by atoms with van der Waals surface area (Å²) in [6, 6.07) is 13.0. The van der Waals surface area contributed by atoms with E-state index < -0.39 is 0 Å². The topological polar surface area (TPSA) is 37.0 Å². The Kier molecular flexibility index (Phi) is 6.32. The molecule has 1 aliphatic heterocycles. The summed E-state index contributed by atoms with van der Waals surface area (Å²) >= 11 is 10.1. The highest BCUT2D eigenvalue weighted by Crippen LogP contribution is 2.34. The molecule has 0 saturated heterocycles. The maximum Gasteiger partial charge on any atom is 0.183 e. The fourth-order valence-electron chi connectivity index (χ4n) is 3.89. The van der Waals surface area contributed by atoms with Gasteiger partial charge < -0.3 is 10.6 Å². The standard InChI is InChI=1S/C24H26ClN3S2/c25-22-8-5-17-9-11-26-12-10-20(17)21(22)14-29-19-6-3-18(4-7-19)23-15-30-24(28-23)27-13-16-1-2-16/h3-8,15-16,26H,1-2,9-14H2,(H,27,28). The van der Waals surface area contributed by atoms with Crippen molar-refractivity contribution in [2.24, 2.45) is 5.92 Å². The first-order chi connectivity index (χ1) is 14.8. The van der Waals surface area contributed by atoms with Gasteiger partial charge in [0.2, 0.25) is 0 Å².